The fraction of sp³-hybridized carbons (Fsp3) is 0.538. The first-order valence-electron chi connectivity index (χ1n) is 6.52. The van der Waals surface area contributed by atoms with Crippen molar-refractivity contribution in [1.82, 2.24) is 9.97 Å². The van der Waals surface area contributed by atoms with E-state index in [0.29, 0.717) is 31.2 Å². The number of carboxylic acid groups (broad SMARTS) is 1. The van der Waals surface area contributed by atoms with E-state index in [1.54, 1.807) is 13.0 Å². The summed E-state index contributed by atoms with van der Waals surface area (Å²) in [5.41, 5.74) is 0.640. The van der Waals surface area contributed by atoms with Gasteiger partial charge in [-0.05, 0) is 6.92 Å². The van der Waals surface area contributed by atoms with Gasteiger partial charge in [0.05, 0.1) is 26.2 Å². The fourth-order valence-electron chi connectivity index (χ4n) is 2.14. The lowest BCUT2D eigenvalue weighted by Gasteiger charge is -2.33. The standard InChI is InChI=1S/C13H17N3O5/c1-8-5-10(15-12(14-8)13(19)20-2)16-3-4-21-9(7-16)6-11(17)18/h5,9H,3-4,6-7H2,1-2H3,(H,17,18). The summed E-state index contributed by atoms with van der Waals surface area (Å²) in [5.74, 6) is -0.943. The zero-order valence-electron chi connectivity index (χ0n) is 11.9. The van der Waals surface area contributed by atoms with Crippen molar-refractivity contribution in [3.8, 4) is 0 Å². The van der Waals surface area contributed by atoms with Gasteiger partial charge in [-0.1, -0.05) is 0 Å². The van der Waals surface area contributed by atoms with Crippen LogP contribution >= 0.6 is 0 Å². The maximum absolute atomic E-state index is 11.5. The van der Waals surface area contributed by atoms with Crippen LogP contribution in [0.15, 0.2) is 6.07 Å². The van der Waals surface area contributed by atoms with Gasteiger partial charge in [0.1, 0.15) is 5.82 Å². The Labute approximate surface area is 121 Å². The van der Waals surface area contributed by atoms with Gasteiger partial charge in [-0.2, -0.15) is 0 Å². The largest absolute Gasteiger partial charge is 0.481 e. The average Bonchev–Trinajstić information content (AvgIpc) is 2.45. The van der Waals surface area contributed by atoms with E-state index in [4.69, 9.17) is 9.84 Å². The summed E-state index contributed by atoms with van der Waals surface area (Å²) >= 11 is 0. The molecule has 1 aromatic heterocycles. The lowest BCUT2D eigenvalue weighted by atomic mass is 10.2. The molecular formula is C13H17N3O5. The molecule has 1 atom stereocenters. The highest BCUT2D eigenvalue weighted by Crippen LogP contribution is 2.18. The number of carbonyl (C=O) groups is 2. The molecule has 0 saturated carbocycles. The maximum Gasteiger partial charge on any atom is 0.376 e. The zero-order valence-corrected chi connectivity index (χ0v) is 11.9. The van der Waals surface area contributed by atoms with Gasteiger partial charge in [0.15, 0.2) is 0 Å². The molecule has 2 heterocycles. The second-order valence-corrected chi connectivity index (χ2v) is 4.72. The maximum atomic E-state index is 11.5. The van der Waals surface area contributed by atoms with Crippen molar-refractivity contribution in [3.05, 3.63) is 17.6 Å². The molecule has 1 saturated heterocycles. The first kappa shape index (κ1) is 15.2. The monoisotopic (exact) mass is 295 g/mol. The minimum absolute atomic E-state index is 0.00576. The number of nitrogens with zero attached hydrogens (tertiary/aromatic N) is 3. The Morgan fingerprint density at radius 3 is 2.95 bits per heavy atom. The average molecular weight is 295 g/mol. The molecule has 1 unspecified atom stereocenters. The summed E-state index contributed by atoms with van der Waals surface area (Å²) in [4.78, 5) is 32.4. The fourth-order valence-corrected chi connectivity index (χ4v) is 2.14. The van der Waals surface area contributed by atoms with Gasteiger partial charge in [-0.3, -0.25) is 4.79 Å². The molecule has 8 nitrogen and oxygen atoms in total. The molecule has 0 radical (unpaired) electrons. The van der Waals surface area contributed by atoms with Gasteiger partial charge in [0.2, 0.25) is 5.82 Å². The molecule has 0 bridgehead atoms. The quantitative estimate of drug-likeness (QED) is 0.789. The Bertz CT molecular complexity index is 549. The van der Waals surface area contributed by atoms with E-state index in [1.165, 1.54) is 7.11 Å². The normalized spacial score (nSPS) is 18.4. The van der Waals surface area contributed by atoms with Crippen molar-refractivity contribution in [3.63, 3.8) is 0 Å². The van der Waals surface area contributed by atoms with Crippen LogP contribution in [0.2, 0.25) is 0 Å². The van der Waals surface area contributed by atoms with E-state index in [2.05, 4.69) is 14.7 Å². The van der Waals surface area contributed by atoms with Crippen LogP contribution in [0.5, 0.6) is 0 Å². The number of aromatic nitrogens is 2. The number of ether oxygens (including phenoxy) is 2. The third kappa shape index (κ3) is 3.88. The number of aryl methyl sites for hydroxylation is 1. The van der Waals surface area contributed by atoms with Crippen LogP contribution in [-0.2, 0) is 14.3 Å². The van der Waals surface area contributed by atoms with E-state index in [0.717, 1.165) is 0 Å². The summed E-state index contributed by atoms with van der Waals surface area (Å²) in [7, 11) is 1.27. The molecule has 1 aromatic rings. The highest BCUT2D eigenvalue weighted by Gasteiger charge is 2.24. The van der Waals surface area contributed by atoms with Gasteiger partial charge in [-0.25, -0.2) is 14.8 Å². The van der Waals surface area contributed by atoms with Gasteiger partial charge in [0, 0.05) is 24.8 Å². The predicted molar refractivity (Wildman–Crippen MR) is 72.3 cm³/mol. The molecule has 1 fully saturated rings. The molecule has 21 heavy (non-hydrogen) atoms. The zero-order chi connectivity index (χ0) is 15.4. The first-order chi connectivity index (χ1) is 9.99. The minimum Gasteiger partial charge on any atom is -0.481 e. The van der Waals surface area contributed by atoms with Crippen LogP contribution in [-0.4, -0.2) is 59.9 Å². The summed E-state index contributed by atoms with van der Waals surface area (Å²) < 4.78 is 10.0. The molecule has 8 heteroatoms. The van der Waals surface area contributed by atoms with Crippen LogP contribution in [0.1, 0.15) is 22.7 Å². The molecule has 0 aliphatic carbocycles. The van der Waals surface area contributed by atoms with E-state index in [-0.39, 0.29) is 12.2 Å². The molecule has 0 aromatic carbocycles. The SMILES string of the molecule is COC(=O)c1nc(C)cc(N2CCOC(CC(=O)O)C2)n1. The van der Waals surface area contributed by atoms with Gasteiger partial charge in [-0.15, -0.1) is 0 Å². The number of rotatable bonds is 4. The van der Waals surface area contributed by atoms with E-state index in [1.807, 2.05) is 4.90 Å². The van der Waals surface area contributed by atoms with Crippen molar-refractivity contribution in [2.45, 2.75) is 19.4 Å². The van der Waals surface area contributed by atoms with Crippen LogP contribution in [0.3, 0.4) is 0 Å². The number of hydrogen-bond acceptors (Lipinski definition) is 7. The summed E-state index contributed by atoms with van der Waals surface area (Å²) in [6.07, 6.45) is -0.460. The number of hydrogen-bond donors (Lipinski definition) is 1. The van der Waals surface area contributed by atoms with Gasteiger partial charge >= 0.3 is 11.9 Å². The number of anilines is 1. The van der Waals surface area contributed by atoms with Crippen molar-refractivity contribution >= 4 is 17.8 Å². The number of morpholine rings is 1. The Morgan fingerprint density at radius 1 is 1.52 bits per heavy atom. The Morgan fingerprint density at radius 2 is 2.29 bits per heavy atom. The first-order valence-corrected chi connectivity index (χ1v) is 6.52. The molecule has 1 N–H and O–H groups in total. The highest BCUT2D eigenvalue weighted by molar-refractivity contribution is 5.85. The third-order valence-electron chi connectivity index (χ3n) is 3.07. The van der Waals surface area contributed by atoms with Crippen molar-refractivity contribution < 1.29 is 24.2 Å². The lowest BCUT2D eigenvalue weighted by molar-refractivity contribution is -0.140. The van der Waals surface area contributed by atoms with E-state index in [9.17, 15) is 9.59 Å². The Kier molecular flexibility index (Phi) is 4.69. The predicted octanol–water partition coefficient (Wildman–Crippen LogP) is 0.252. The molecule has 2 rings (SSSR count). The van der Waals surface area contributed by atoms with Gasteiger partial charge in [0.25, 0.3) is 0 Å². The molecule has 1 aliphatic heterocycles. The topological polar surface area (TPSA) is 102 Å². The number of aliphatic carboxylic acids is 1. The Hall–Kier alpha value is -2.22. The van der Waals surface area contributed by atoms with Crippen LogP contribution in [0.4, 0.5) is 5.82 Å². The van der Waals surface area contributed by atoms with Crippen molar-refractivity contribution in [2.24, 2.45) is 0 Å². The van der Waals surface area contributed by atoms with Crippen molar-refractivity contribution in [2.75, 3.05) is 31.7 Å². The number of methoxy groups -OCH3 is 1. The van der Waals surface area contributed by atoms with Crippen LogP contribution in [0.25, 0.3) is 0 Å². The molecule has 0 amide bonds. The molecular weight excluding hydrogens is 278 g/mol. The Balaban J connectivity index is 2.18. The third-order valence-corrected chi connectivity index (χ3v) is 3.07. The second kappa shape index (κ2) is 6.49. The van der Waals surface area contributed by atoms with Crippen LogP contribution < -0.4 is 4.90 Å². The van der Waals surface area contributed by atoms with E-state index < -0.39 is 18.0 Å². The second-order valence-electron chi connectivity index (χ2n) is 4.72. The summed E-state index contributed by atoms with van der Waals surface area (Å²) in [6, 6.07) is 1.75. The number of esters is 1. The molecule has 0 spiro atoms. The van der Waals surface area contributed by atoms with Crippen LogP contribution in [0, 0.1) is 6.92 Å². The van der Waals surface area contributed by atoms with Gasteiger partial charge < -0.3 is 19.5 Å². The molecule has 1 aliphatic rings. The lowest BCUT2D eigenvalue weighted by Crippen LogP contribution is -2.44. The summed E-state index contributed by atoms with van der Waals surface area (Å²) in [5, 5.41) is 8.83. The molecule has 114 valence electrons. The van der Waals surface area contributed by atoms with E-state index >= 15 is 0 Å². The highest BCUT2D eigenvalue weighted by atomic mass is 16.5. The summed E-state index contributed by atoms with van der Waals surface area (Å²) in [6.45, 7) is 3.15. The number of carbonyl (C=O) groups excluding carboxylic acids is 1. The smallest absolute Gasteiger partial charge is 0.376 e. The number of carboxylic acids is 1. The van der Waals surface area contributed by atoms with Crippen molar-refractivity contribution in [1.29, 1.82) is 0 Å². The minimum atomic E-state index is -0.907.